The fourth-order valence-corrected chi connectivity index (χ4v) is 2.60. The van der Waals surface area contributed by atoms with Gasteiger partial charge in [0.05, 0.1) is 3.70 Å². The molecule has 3 nitrogen and oxygen atoms in total. The van der Waals surface area contributed by atoms with Crippen molar-refractivity contribution in [2.45, 2.75) is 46.6 Å². The lowest BCUT2D eigenvalue weighted by molar-refractivity contribution is 0.00626. The third-order valence-corrected chi connectivity index (χ3v) is 3.20. The maximum Gasteiger partial charge on any atom is 0.355 e. The maximum atomic E-state index is 11.9. The molecule has 1 heterocycles. The van der Waals surface area contributed by atoms with E-state index in [0.717, 1.165) is 15.7 Å². The van der Waals surface area contributed by atoms with Gasteiger partial charge in [-0.1, -0.05) is 6.92 Å². The second-order valence-corrected chi connectivity index (χ2v) is 5.85. The number of hydrogen-bond acceptors (Lipinski definition) is 2. The topological polar surface area (TPSA) is 42.1 Å². The molecule has 0 aliphatic heterocycles. The van der Waals surface area contributed by atoms with E-state index in [2.05, 4.69) is 34.5 Å². The van der Waals surface area contributed by atoms with E-state index in [4.69, 9.17) is 4.74 Å². The summed E-state index contributed by atoms with van der Waals surface area (Å²) in [4.78, 5) is 15.0. The number of halogens is 1. The first kappa shape index (κ1) is 13.5. The molecule has 0 spiro atoms. The molecule has 0 saturated heterocycles. The predicted molar refractivity (Wildman–Crippen MR) is 72.8 cm³/mol. The van der Waals surface area contributed by atoms with Crippen LogP contribution in [0, 0.1) is 10.6 Å². The first-order valence-corrected chi connectivity index (χ1v) is 6.44. The van der Waals surface area contributed by atoms with Crippen molar-refractivity contribution < 1.29 is 9.53 Å². The number of rotatable bonds is 2. The van der Waals surface area contributed by atoms with Crippen molar-refractivity contribution in [2.24, 2.45) is 0 Å². The minimum atomic E-state index is -0.452. The lowest BCUT2D eigenvalue weighted by atomic mass is 10.1. The summed E-state index contributed by atoms with van der Waals surface area (Å²) >= 11 is 2.21. The Morgan fingerprint density at radius 1 is 1.44 bits per heavy atom. The highest BCUT2D eigenvalue weighted by Crippen LogP contribution is 2.22. The lowest BCUT2D eigenvalue weighted by Gasteiger charge is -2.19. The van der Waals surface area contributed by atoms with Crippen LogP contribution < -0.4 is 0 Å². The Balaban J connectivity index is 3.01. The molecule has 0 atom stereocenters. The number of esters is 1. The minimum Gasteiger partial charge on any atom is -0.455 e. The van der Waals surface area contributed by atoms with E-state index in [9.17, 15) is 4.79 Å². The van der Waals surface area contributed by atoms with Crippen LogP contribution in [-0.2, 0) is 11.2 Å². The van der Waals surface area contributed by atoms with E-state index in [-0.39, 0.29) is 5.97 Å². The monoisotopic (exact) mass is 335 g/mol. The van der Waals surface area contributed by atoms with Crippen LogP contribution in [0.15, 0.2) is 0 Å². The van der Waals surface area contributed by atoms with Gasteiger partial charge in [0, 0.05) is 0 Å². The van der Waals surface area contributed by atoms with Crippen molar-refractivity contribution >= 4 is 28.6 Å². The average molecular weight is 335 g/mol. The molecule has 1 rings (SSSR count). The Hall–Kier alpha value is -0.520. The van der Waals surface area contributed by atoms with Gasteiger partial charge in [-0.15, -0.1) is 0 Å². The van der Waals surface area contributed by atoms with Gasteiger partial charge in [-0.2, -0.15) is 0 Å². The summed E-state index contributed by atoms with van der Waals surface area (Å²) in [6, 6.07) is 0. The zero-order valence-electron chi connectivity index (χ0n) is 10.4. The number of carbonyl (C=O) groups is 1. The molecule has 90 valence electrons. The summed E-state index contributed by atoms with van der Waals surface area (Å²) in [5.74, 6) is -0.275. The van der Waals surface area contributed by atoms with Crippen LogP contribution in [0.2, 0.25) is 0 Å². The summed E-state index contributed by atoms with van der Waals surface area (Å²) in [7, 11) is 0. The largest absolute Gasteiger partial charge is 0.455 e. The van der Waals surface area contributed by atoms with Crippen molar-refractivity contribution in [3.05, 3.63) is 20.5 Å². The molecule has 0 bridgehead atoms. The van der Waals surface area contributed by atoms with Gasteiger partial charge in [0.2, 0.25) is 0 Å². The third kappa shape index (κ3) is 2.99. The van der Waals surface area contributed by atoms with Crippen molar-refractivity contribution in [1.29, 1.82) is 0 Å². The molecule has 1 aromatic rings. The molecule has 0 unspecified atom stereocenters. The Labute approximate surface area is 110 Å². The molecule has 0 aliphatic rings. The van der Waals surface area contributed by atoms with E-state index in [1.54, 1.807) is 0 Å². The van der Waals surface area contributed by atoms with Gasteiger partial charge >= 0.3 is 5.97 Å². The van der Waals surface area contributed by atoms with E-state index in [1.165, 1.54) is 5.56 Å². The van der Waals surface area contributed by atoms with Gasteiger partial charge in [-0.25, -0.2) is 4.79 Å². The predicted octanol–water partition coefficient (Wildman–Crippen LogP) is 3.45. The fraction of sp³-hybridized carbons (Fsp3) is 0.583. The molecule has 0 radical (unpaired) electrons. The Kier molecular flexibility index (Phi) is 4.04. The molecular formula is C12H18INO2. The number of carbonyl (C=O) groups excluding carboxylic acids is 1. The van der Waals surface area contributed by atoms with Crippen molar-refractivity contribution in [3.63, 3.8) is 0 Å². The highest BCUT2D eigenvalue weighted by Gasteiger charge is 2.22. The standard InChI is InChI=1S/C12H18INO2/c1-6-8-7(2)9(14-10(8)13)11(15)16-12(3,4)5/h14H,6H2,1-5H3. The van der Waals surface area contributed by atoms with Gasteiger partial charge in [0.1, 0.15) is 11.3 Å². The van der Waals surface area contributed by atoms with Crippen LogP contribution in [0.5, 0.6) is 0 Å². The molecule has 0 amide bonds. The van der Waals surface area contributed by atoms with E-state index >= 15 is 0 Å². The molecule has 4 heteroatoms. The highest BCUT2D eigenvalue weighted by atomic mass is 127. The summed E-state index contributed by atoms with van der Waals surface area (Å²) in [5, 5.41) is 0. The van der Waals surface area contributed by atoms with Crippen LogP contribution in [0.25, 0.3) is 0 Å². The highest BCUT2D eigenvalue weighted by molar-refractivity contribution is 14.1. The average Bonchev–Trinajstić information content (AvgIpc) is 2.38. The summed E-state index contributed by atoms with van der Waals surface area (Å²) in [6.07, 6.45) is 0.920. The Morgan fingerprint density at radius 3 is 2.38 bits per heavy atom. The number of aromatic nitrogens is 1. The van der Waals surface area contributed by atoms with Crippen LogP contribution in [-0.4, -0.2) is 16.6 Å². The zero-order chi connectivity index (χ0) is 12.5. The van der Waals surface area contributed by atoms with E-state index in [0.29, 0.717) is 5.69 Å². The molecule has 0 saturated carbocycles. The Morgan fingerprint density at radius 2 is 2.00 bits per heavy atom. The molecule has 0 aromatic carbocycles. The number of hydrogen-bond donors (Lipinski definition) is 1. The maximum absolute atomic E-state index is 11.9. The lowest BCUT2D eigenvalue weighted by Crippen LogP contribution is -2.24. The Bertz CT molecular complexity index is 402. The van der Waals surface area contributed by atoms with Crippen LogP contribution in [0.3, 0.4) is 0 Å². The van der Waals surface area contributed by atoms with E-state index in [1.807, 2.05) is 27.7 Å². The SMILES string of the molecule is CCc1c(I)[nH]c(C(=O)OC(C)(C)C)c1C. The molecule has 1 N–H and O–H groups in total. The number of nitrogens with one attached hydrogen (secondary N) is 1. The second-order valence-electron chi connectivity index (χ2n) is 4.77. The first-order valence-electron chi connectivity index (χ1n) is 5.36. The molecule has 0 aliphatic carbocycles. The van der Waals surface area contributed by atoms with Gasteiger partial charge in [-0.05, 0) is 67.8 Å². The quantitative estimate of drug-likeness (QED) is 0.664. The molecule has 0 fully saturated rings. The molecule has 1 aromatic heterocycles. The van der Waals surface area contributed by atoms with Crippen LogP contribution >= 0.6 is 22.6 Å². The van der Waals surface area contributed by atoms with Crippen molar-refractivity contribution in [1.82, 2.24) is 4.98 Å². The summed E-state index contributed by atoms with van der Waals surface area (Å²) < 4.78 is 6.37. The normalized spacial score (nSPS) is 11.6. The van der Waals surface area contributed by atoms with Crippen molar-refractivity contribution in [2.75, 3.05) is 0 Å². The second kappa shape index (κ2) is 4.77. The van der Waals surface area contributed by atoms with Crippen LogP contribution in [0.1, 0.15) is 49.3 Å². The molecule has 16 heavy (non-hydrogen) atoms. The minimum absolute atomic E-state index is 0.275. The summed E-state index contributed by atoms with van der Waals surface area (Å²) in [5.41, 5.74) is 2.32. The van der Waals surface area contributed by atoms with Crippen LogP contribution in [0.4, 0.5) is 0 Å². The van der Waals surface area contributed by atoms with E-state index < -0.39 is 5.60 Å². The van der Waals surface area contributed by atoms with Crippen molar-refractivity contribution in [3.8, 4) is 0 Å². The van der Waals surface area contributed by atoms with Gasteiger partial charge in [0.25, 0.3) is 0 Å². The zero-order valence-corrected chi connectivity index (χ0v) is 12.6. The first-order chi connectivity index (χ1) is 7.26. The van der Waals surface area contributed by atoms with Gasteiger partial charge in [-0.3, -0.25) is 0 Å². The summed E-state index contributed by atoms with van der Waals surface area (Å²) in [6.45, 7) is 9.65. The molecular weight excluding hydrogens is 317 g/mol. The number of H-pyrrole nitrogens is 1. The third-order valence-electron chi connectivity index (χ3n) is 2.28. The fourth-order valence-electron chi connectivity index (χ4n) is 1.55. The number of aromatic amines is 1. The smallest absolute Gasteiger partial charge is 0.355 e. The van der Waals surface area contributed by atoms with Gasteiger partial charge in [0.15, 0.2) is 0 Å². The van der Waals surface area contributed by atoms with Gasteiger partial charge < -0.3 is 9.72 Å². The number of ether oxygens (including phenoxy) is 1.